The number of benzene rings is 2. The van der Waals surface area contributed by atoms with Crippen LogP contribution in [0, 0.1) is 0 Å². The van der Waals surface area contributed by atoms with E-state index in [1.807, 2.05) is 13.8 Å². The van der Waals surface area contributed by atoms with Crippen LogP contribution in [0.4, 0.5) is 11.4 Å². The molecule has 2 N–H and O–H groups in total. The molecule has 0 unspecified atom stereocenters. The number of amides is 2. The SMILES string of the molecule is CCCCN(CCCC)S(=O)(=O)c1ccc(NC(=O)c2cc(Cl)c(NC(C)=O)cc2OC)cc1. The van der Waals surface area contributed by atoms with Crippen molar-refractivity contribution in [2.75, 3.05) is 30.8 Å². The highest BCUT2D eigenvalue weighted by atomic mass is 35.5. The topological polar surface area (TPSA) is 105 Å². The molecule has 8 nitrogen and oxygen atoms in total. The van der Waals surface area contributed by atoms with E-state index in [0.717, 1.165) is 25.7 Å². The molecule has 0 bridgehead atoms. The van der Waals surface area contributed by atoms with Gasteiger partial charge in [0.2, 0.25) is 15.9 Å². The second-order valence-corrected chi connectivity index (χ2v) is 10.1. The van der Waals surface area contributed by atoms with Crippen molar-refractivity contribution in [1.82, 2.24) is 4.31 Å². The second-order valence-electron chi connectivity index (χ2n) is 7.80. The first kappa shape index (κ1) is 27.6. The van der Waals surface area contributed by atoms with E-state index in [1.165, 1.54) is 42.6 Å². The predicted molar refractivity (Wildman–Crippen MR) is 135 cm³/mol. The van der Waals surface area contributed by atoms with E-state index in [1.54, 1.807) is 12.1 Å². The van der Waals surface area contributed by atoms with Crippen LogP contribution < -0.4 is 15.4 Å². The Labute approximate surface area is 206 Å². The predicted octanol–water partition coefficient (Wildman–Crippen LogP) is 5.15. The van der Waals surface area contributed by atoms with E-state index in [-0.39, 0.29) is 27.1 Å². The fraction of sp³-hybridized carbons (Fsp3) is 0.417. The molecule has 2 aromatic rings. The zero-order valence-corrected chi connectivity index (χ0v) is 21.6. The highest BCUT2D eigenvalue weighted by molar-refractivity contribution is 7.89. The number of carbonyl (C=O) groups is 2. The third kappa shape index (κ3) is 7.19. The van der Waals surface area contributed by atoms with Gasteiger partial charge in [-0.2, -0.15) is 4.31 Å². The van der Waals surface area contributed by atoms with Crippen LogP contribution in [0.5, 0.6) is 5.75 Å². The number of halogens is 1. The number of rotatable bonds is 12. The first-order valence-electron chi connectivity index (χ1n) is 11.2. The van der Waals surface area contributed by atoms with Crippen molar-refractivity contribution < 1.29 is 22.7 Å². The number of hydrogen-bond acceptors (Lipinski definition) is 5. The molecule has 0 fully saturated rings. The van der Waals surface area contributed by atoms with Crippen LogP contribution >= 0.6 is 11.6 Å². The summed E-state index contributed by atoms with van der Waals surface area (Å²) in [5.41, 5.74) is 0.915. The number of methoxy groups -OCH3 is 1. The number of nitrogens with one attached hydrogen (secondary N) is 2. The van der Waals surface area contributed by atoms with Gasteiger partial charge in [-0.25, -0.2) is 8.42 Å². The first-order valence-corrected chi connectivity index (χ1v) is 13.0. The third-order valence-corrected chi connectivity index (χ3v) is 7.34. The van der Waals surface area contributed by atoms with Gasteiger partial charge in [-0.1, -0.05) is 38.3 Å². The van der Waals surface area contributed by atoms with Crippen LogP contribution in [0.25, 0.3) is 0 Å². The maximum Gasteiger partial charge on any atom is 0.259 e. The van der Waals surface area contributed by atoms with Crippen molar-refractivity contribution in [1.29, 1.82) is 0 Å². The van der Waals surface area contributed by atoms with Crippen molar-refractivity contribution in [2.45, 2.75) is 51.3 Å². The van der Waals surface area contributed by atoms with Crippen molar-refractivity contribution >= 4 is 44.8 Å². The van der Waals surface area contributed by atoms with Crippen molar-refractivity contribution in [3.63, 3.8) is 0 Å². The van der Waals surface area contributed by atoms with Gasteiger partial charge in [0, 0.05) is 31.8 Å². The number of sulfonamides is 1. The van der Waals surface area contributed by atoms with E-state index < -0.39 is 15.9 Å². The average Bonchev–Trinajstić information content (AvgIpc) is 2.80. The highest BCUT2D eigenvalue weighted by Gasteiger charge is 2.24. The highest BCUT2D eigenvalue weighted by Crippen LogP contribution is 2.31. The molecule has 0 heterocycles. The third-order valence-electron chi connectivity index (χ3n) is 5.12. The van der Waals surface area contributed by atoms with E-state index in [2.05, 4.69) is 10.6 Å². The zero-order chi connectivity index (χ0) is 25.3. The van der Waals surface area contributed by atoms with Gasteiger partial charge in [-0.05, 0) is 43.2 Å². The van der Waals surface area contributed by atoms with Gasteiger partial charge >= 0.3 is 0 Å². The molecule has 0 saturated carbocycles. The Balaban J connectivity index is 2.23. The second kappa shape index (κ2) is 12.7. The summed E-state index contributed by atoms with van der Waals surface area (Å²) in [7, 11) is -2.22. The molecule has 0 spiro atoms. The Hall–Kier alpha value is -2.62. The largest absolute Gasteiger partial charge is 0.496 e. The molecular weight excluding hydrogens is 478 g/mol. The lowest BCUT2D eigenvalue weighted by Gasteiger charge is -2.22. The van der Waals surface area contributed by atoms with Crippen LogP contribution in [0.3, 0.4) is 0 Å². The summed E-state index contributed by atoms with van der Waals surface area (Å²) in [4.78, 5) is 24.4. The lowest BCUT2D eigenvalue weighted by atomic mass is 10.1. The molecule has 2 rings (SSSR count). The maximum absolute atomic E-state index is 13.1. The van der Waals surface area contributed by atoms with Crippen LogP contribution in [-0.4, -0.2) is 44.7 Å². The molecule has 34 heavy (non-hydrogen) atoms. The molecular formula is C24H32ClN3O5S. The first-order chi connectivity index (χ1) is 16.1. The summed E-state index contributed by atoms with van der Waals surface area (Å²) in [5, 5.41) is 5.48. The Morgan fingerprint density at radius 1 is 1.00 bits per heavy atom. The molecule has 0 radical (unpaired) electrons. The minimum Gasteiger partial charge on any atom is -0.496 e. The summed E-state index contributed by atoms with van der Waals surface area (Å²) >= 11 is 6.20. The summed E-state index contributed by atoms with van der Waals surface area (Å²) in [6.07, 6.45) is 3.40. The maximum atomic E-state index is 13.1. The van der Waals surface area contributed by atoms with E-state index in [0.29, 0.717) is 24.5 Å². The monoisotopic (exact) mass is 509 g/mol. The number of anilines is 2. The van der Waals surface area contributed by atoms with Gasteiger partial charge in [0.1, 0.15) is 5.75 Å². The minimum atomic E-state index is -3.63. The van der Waals surface area contributed by atoms with Crippen LogP contribution in [-0.2, 0) is 14.8 Å². The normalized spacial score (nSPS) is 11.4. The molecule has 2 amide bonds. The molecule has 0 aliphatic carbocycles. The number of nitrogens with zero attached hydrogens (tertiary/aromatic N) is 1. The summed E-state index contributed by atoms with van der Waals surface area (Å²) in [5.74, 6) is -0.567. The zero-order valence-electron chi connectivity index (χ0n) is 20.0. The lowest BCUT2D eigenvalue weighted by molar-refractivity contribution is -0.114. The quantitative estimate of drug-likeness (QED) is 0.411. The molecule has 186 valence electrons. The Kier molecular flexibility index (Phi) is 10.3. The fourth-order valence-electron chi connectivity index (χ4n) is 3.26. The van der Waals surface area contributed by atoms with Crippen LogP contribution in [0.1, 0.15) is 56.8 Å². The molecule has 0 aromatic heterocycles. The number of carbonyl (C=O) groups excluding carboxylic acids is 2. The Morgan fingerprint density at radius 3 is 2.09 bits per heavy atom. The summed E-state index contributed by atoms with van der Waals surface area (Å²) < 4.78 is 33.0. The van der Waals surface area contributed by atoms with E-state index in [4.69, 9.17) is 16.3 Å². The number of unbranched alkanes of at least 4 members (excludes halogenated alkanes) is 2. The lowest BCUT2D eigenvalue weighted by Crippen LogP contribution is -2.33. The molecule has 0 aliphatic rings. The number of hydrogen-bond donors (Lipinski definition) is 2. The standard InChI is InChI=1S/C24H32ClN3O5S/c1-5-7-13-28(14-8-6-2)34(31,32)19-11-9-18(10-12-19)27-24(30)20-15-21(25)22(26-17(3)29)16-23(20)33-4/h9-12,15-16H,5-8,13-14H2,1-4H3,(H,26,29)(H,27,30). The van der Waals surface area contributed by atoms with Gasteiger partial charge < -0.3 is 15.4 Å². The van der Waals surface area contributed by atoms with Gasteiger partial charge in [-0.15, -0.1) is 0 Å². The van der Waals surface area contributed by atoms with E-state index >= 15 is 0 Å². The number of ether oxygens (including phenoxy) is 1. The van der Waals surface area contributed by atoms with Crippen molar-refractivity contribution in [2.24, 2.45) is 0 Å². The summed E-state index contributed by atoms with van der Waals surface area (Å²) in [6.45, 7) is 6.36. The van der Waals surface area contributed by atoms with Crippen LogP contribution in [0.15, 0.2) is 41.3 Å². The molecule has 0 saturated heterocycles. The van der Waals surface area contributed by atoms with Gasteiger partial charge in [0.25, 0.3) is 5.91 Å². The van der Waals surface area contributed by atoms with Gasteiger partial charge in [0.15, 0.2) is 0 Å². The van der Waals surface area contributed by atoms with Crippen molar-refractivity contribution in [3.8, 4) is 5.75 Å². The average molecular weight is 510 g/mol. The Bertz CT molecular complexity index is 1100. The van der Waals surface area contributed by atoms with Gasteiger partial charge in [0.05, 0.1) is 28.3 Å². The van der Waals surface area contributed by atoms with E-state index in [9.17, 15) is 18.0 Å². The van der Waals surface area contributed by atoms with Gasteiger partial charge in [-0.3, -0.25) is 9.59 Å². The smallest absolute Gasteiger partial charge is 0.259 e. The molecule has 0 atom stereocenters. The summed E-state index contributed by atoms with van der Waals surface area (Å²) in [6, 6.07) is 8.93. The fourth-order valence-corrected chi connectivity index (χ4v) is 4.99. The molecule has 10 heteroatoms. The van der Waals surface area contributed by atoms with Crippen molar-refractivity contribution in [3.05, 3.63) is 47.0 Å². The molecule has 0 aliphatic heterocycles. The molecule has 2 aromatic carbocycles. The minimum absolute atomic E-state index is 0.170. The Morgan fingerprint density at radius 2 is 1.59 bits per heavy atom. The van der Waals surface area contributed by atoms with Crippen LogP contribution in [0.2, 0.25) is 5.02 Å².